The summed E-state index contributed by atoms with van der Waals surface area (Å²) in [4.78, 5) is 80.0. The number of nitrogens with one attached hydrogen (secondary N) is 3. The van der Waals surface area contributed by atoms with Gasteiger partial charge >= 0.3 is 6.09 Å². The molecule has 18 heteroatoms. The van der Waals surface area contributed by atoms with Gasteiger partial charge in [-0.05, 0) is 69.7 Å². The van der Waals surface area contributed by atoms with Crippen molar-refractivity contribution in [2.24, 2.45) is 5.92 Å². The summed E-state index contributed by atoms with van der Waals surface area (Å²) in [5, 5.41) is 16.8. The summed E-state index contributed by atoms with van der Waals surface area (Å²) in [5.74, 6) is -3.63. The highest BCUT2D eigenvalue weighted by molar-refractivity contribution is 7.91. The fraction of sp³-hybridized carbons (Fsp3) is 0.432. The molecule has 5 atom stereocenters. The molecule has 0 radical (unpaired) electrons. The molecule has 292 valence electrons. The van der Waals surface area contributed by atoms with Gasteiger partial charge in [-0.3, -0.25) is 28.8 Å². The maximum absolute atomic E-state index is 14.7. The molecule has 0 unspecified atom stereocenters. The van der Waals surface area contributed by atoms with Crippen LogP contribution in [-0.4, -0.2) is 111 Å². The number of sulfonamides is 1. The van der Waals surface area contributed by atoms with Gasteiger partial charge in [0, 0.05) is 24.4 Å². The van der Waals surface area contributed by atoms with Crippen LogP contribution in [0.3, 0.4) is 0 Å². The highest BCUT2D eigenvalue weighted by atomic mass is 32.2. The summed E-state index contributed by atoms with van der Waals surface area (Å²) in [6, 6.07) is 8.06. The van der Waals surface area contributed by atoms with Gasteiger partial charge in [0.2, 0.25) is 33.6 Å². The predicted molar refractivity (Wildman–Crippen MR) is 203 cm³/mol. The Hall–Kier alpha value is -5.36. The van der Waals surface area contributed by atoms with E-state index in [2.05, 4.69) is 28.5 Å². The minimum Gasteiger partial charge on any atom is -0.471 e. The van der Waals surface area contributed by atoms with Crippen LogP contribution >= 0.6 is 11.3 Å². The normalized spacial score (nSPS) is 22.6. The molecule has 3 fully saturated rings. The fourth-order valence-corrected chi connectivity index (χ4v) is 8.90. The van der Waals surface area contributed by atoms with Crippen molar-refractivity contribution < 1.29 is 42.2 Å². The number of benzene rings is 1. The Kier molecular flexibility index (Phi) is 10.8. The number of hydrogen-bond acceptors (Lipinski definition) is 11. The largest absolute Gasteiger partial charge is 0.471 e. The molecule has 3 heterocycles. The van der Waals surface area contributed by atoms with Crippen LogP contribution < -0.4 is 20.1 Å². The van der Waals surface area contributed by atoms with E-state index < -0.39 is 86.7 Å². The van der Waals surface area contributed by atoms with Gasteiger partial charge in [0.25, 0.3) is 5.91 Å². The lowest BCUT2D eigenvalue weighted by Gasteiger charge is -2.40. The molecule has 3 aliphatic rings. The number of carbonyl (C=O) groups excluding carboxylic acids is 4. The second-order valence-electron chi connectivity index (χ2n) is 14.8. The molecule has 16 nitrogen and oxygen atoms in total. The van der Waals surface area contributed by atoms with Crippen LogP contribution in [0.2, 0.25) is 0 Å². The molecule has 4 N–H and O–H groups in total. The van der Waals surface area contributed by atoms with Gasteiger partial charge in [0.1, 0.15) is 29.4 Å². The molecule has 2 aliphatic carbocycles. The van der Waals surface area contributed by atoms with E-state index in [9.17, 15) is 37.5 Å². The standard InChI is InChI=1S/C37H43N7O9S2/c1-6-21-18-37(21,34(48)42-55(51,52)23-14-15-23)41-31(46)26-17-22(53-32-30(28-13-10-16-54-28)39-24-11-8-9-12-25(24)40-32)20-43(26)33(47)27(19-38-29(45)7-2)44(35(49)50)36(3,4)5/h6-13,16,21-23,26-27H,1-2,14-15,17-20H2,3-5H3,(H,38,45)(H,41,46)(H,42,48)(H,49,50)/t21-,22-,26+,27+,37-/m1/s1. The Morgan fingerprint density at radius 2 is 1.80 bits per heavy atom. The number of aromatic nitrogens is 2. The van der Waals surface area contributed by atoms with E-state index in [4.69, 9.17) is 14.7 Å². The number of ether oxygens (including phenoxy) is 1. The van der Waals surface area contributed by atoms with Crippen LogP contribution in [0.4, 0.5) is 4.79 Å². The topological polar surface area (TPSA) is 217 Å². The molecule has 6 rings (SSSR count). The Morgan fingerprint density at radius 1 is 1.11 bits per heavy atom. The van der Waals surface area contributed by atoms with Crippen LogP contribution in [0.1, 0.15) is 46.5 Å². The van der Waals surface area contributed by atoms with Crippen LogP contribution in [0.15, 0.2) is 67.1 Å². The summed E-state index contributed by atoms with van der Waals surface area (Å²) in [6.07, 6.45) is 0.871. The molecular weight excluding hydrogens is 751 g/mol. The molecule has 1 aliphatic heterocycles. The molecule has 55 heavy (non-hydrogen) atoms. The van der Waals surface area contributed by atoms with E-state index >= 15 is 0 Å². The van der Waals surface area contributed by atoms with Gasteiger partial charge in [-0.1, -0.05) is 30.9 Å². The Bertz CT molecular complexity index is 2150. The number of thiophene rings is 1. The zero-order chi connectivity index (χ0) is 39.9. The molecule has 5 amide bonds. The number of carboxylic acid groups (broad SMARTS) is 1. The summed E-state index contributed by atoms with van der Waals surface area (Å²) in [5.41, 5.74) is -1.20. The summed E-state index contributed by atoms with van der Waals surface area (Å²) in [6.45, 7) is 11.3. The number of nitrogens with zero attached hydrogens (tertiary/aromatic N) is 4. The predicted octanol–water partition coefficient (Wildman–Crippen LogP) is 2.83. The molecule has 0 spiro atoms. The number of hydrogen-bond donors (Lipinski definition) is 4. The van der Waals surface area contributed by atoms with Crippen molar-refractivity contribution in [2.75, 3.05) is 13.1 Å². The SMILES string of the molecule is C=CC(=O)NC[C@@H](C(=O)N1C[C@H](Oc2nc3ccccc3nc2-c2cccs2)C[C@H]1C(=O)N[C@]1(C(=O)NS(=O)(=O)C2CC2)C[C@H]1C=C)N(C(=O)O)C(C)(C)C. The van der Waals surface area contributed by atoms with Crippen molar-refractivity contribution in [3.63, 3.8) is 0 Å². The number of likely N-dealkylation sites (tertiary alicyclic amines) is 1. The van der Waals surface area contributed by atoms with Crippen molar-refractivity contribution in [3.8, 4) is 16.5 Å². The number of rotatable bonds is 14. The summed E-state index contributed by atoms with van der Waals surface area (Å²) >= 11 is 1.41. The third-order valence-electron chi connectivity index (χ3n) is 9.85. The van der Waals surface area contributed by atoms with Gasteiger partial charge in [-0.15, -0.1) is 17.9 Å². The third-order valence-corrected chi connectivity index (χ3v) is 12.5. The molecule has 3 aromatic rings. The van der Waals surface area contributed by atoms with E-state index in [1.54, 1.807) is 32.9 Å². The van der Waals surface area contributed by atoms with Crippen molar-refractivity contribution >= 4 is 62.1 Å². The second-order valence-corrected chi connectivity index (χ2v) is 17.7. The van der Waals surface area contributed by atoms with Crippen molar-refractivity contribution in [1.29, 1.82) is 0 Å². The highest BCUT2D eigenvalue weighted by Gasteiger charge is 2.62. The molecule has 0 bridgehead atoms. The monoisotopic (exact) mass is 793 g/mol. The highest BCUT2D eigenvalue weighted by Crippen LogP contribution is 2.45. The summed E-state index contributed by atoms with van der Waals surface area (Å²) < 4.78 is 34.1. The first-order chi connectivity index (χ1) is 26.0. The number of para-hydroxylation sites is 2. The number of carbonyl (C=O) groups is 5. The van der Waals surface area contributed by atoms with Crippen molar-refractivity contribution in [3.05, 3.63) is 67.1 Å². The smallest absolute Gasteiger partial charge is 0.408 e. The molecule has 1 aromatic carbocycles. The molecule has 1 saturated heterocycles. The van der Waals surface area contributed by atoms with Crippen LogP contribution in [0, 0.1) is 5.92 Å². The quantitative estimate of drug-likeness (QED) is 0.137. The minimum atomic E-state index is -3.96. The Morgan fingerprint density at radius 3 is 2.36 bits per heavy atom. The van der Waals surface area contributed by atoms with Gasteiger partial charge in [-0.25, -0.2) is 23.2 Å². The number of fused-ring (bicyclic) bond motifs is 1. The van der Waals surface area contributed by atoms with Crippen LogP contribution in [-0.2, 0) is 29.2 Å². The lowest BCUT2D eigenvalue weighted by Crippen LogP contribution is -2.63. The second kappa shape index (κ2) is 15.1. The van der Waals surface area contributed by atoms with Gasteiger partial charge in [0.15, 0.2) is 0 Å². The lowest BCUT2D eigenvalue weighted by atomic mass is 10.0. The Balaban J connectivity index is 1.36. The van der Waals surface area contributed by atoms with Crippen LogP contribution in [0.5, 0.6) is 5.88 Å². The number of amides is 5. The van der Waals surface area contributed by atoms with Gasteiger partial charge in [0.05, 0.1) is 27.7 Å². The average Bonchev–Trinajstić information content (AvgIpc) is 4.00. The van der Waals surface area contributed by atoms with E-state index in [0.29, 0.717) is 29.6 Å². The van der Waals surface area contributed by atoms with Gasteiger partial charge < -0.3 is 25.4 Å². The first-order valence-electron chi connectivity index (χ1n) is 17.7. The van der Waals surface area contributed by atoms with Crippen molar-refractivity contribution in [2.45, 2.75) is 81.0 Å². The molecule has 2 aromatic heterocycles. The van der Waals surface area contributed by atoms with E-state index in [1.807, 2.05) is 29.6 Å². The maximum Gasteiger partial charge on any atom is 0.408 e. The van der Waals surface area contributed by atoms with E-state index in [-0.39, 0.29) is 25.3 Å². The van der Waals surface area contributed by atoms with E-state index in [0.717, 1.165) is 15.9 Å². The first kappa shape index (κ1) is 39.3. The minimum absolute atomic E-state index is 0.0682. The maximum atomic E-state index is 14.7. The third kappa shape index (κ3) is 8.19. The van der Waals surface area contributed by atoms with Gasteiger partial charge in [-0.2, -0.15) is 0 Å². The zero-order valence-electron chi connectivity index (χ0n) is 30.6. The van der Waals surface area contributed by atoms with Crippen LogP contribution in [0.25, 0.3) is 21.6 Å². The molecular formula is C37H43N7O9S2. The fourth-order valence-electron chi connectivity index (χ4n) is 6.83. The Labute approximate surface area is 322 Å². The van der Waals surface area contributed by atoms with E-state index in [1.165, 1.54) is 22.3 Å². The molecule has 2 saturated carbocycles. The average molecular weight is 794 g/mol. The lowest BCUT2D eigenvalue weighted by molar-refractivity contribution is -0.144. The van der Waals surface area contributed by atoms with Crippen molar-refractivity contribution in [1.82, 2.24) is 35.1 Å². The summed E-state index contributed by atoms with van der Waals surface area (Å²) in [7, 11) is -3.96. The zero-order valence-corrected chi connectivity index (χ0v) is 32.2. The first-order valence-corrected chi connectivity index (χ1v) is 20.1.